The fourth-order valence-corrected chi connectivity index (χ4v) is 3.56. The number of anilines is 1. The molecule has 108 valence electrons. The molecule has 1 aliphatic carbocycles. The predicted octanol–water partition coefficient (Wildman–Crippen LogP) is 3.75. The third kappa shape index (κ3) is 3.29. The van der Waals surface area contributed by atoms with E-state index in [-0.39, 0.29) is 0 Å². The molecule has 0 bridgehead atoms. The van der Waals surface area contributed by atoms with Gasteiger partial charge in [-0.3, -0.25) is 0 Å². The van der Waals surface area contributed by atoms with E-state index in [4.69, 9.17) is 4.98 Å². The van der Waals surface area contributed by atoms with Crippen LogP contribution in [0.15, 0.2) is 0 Å². The van der Waals surface area contributed by atoms with Crippen LogP contribution in [0.5, 0.6) is 0 Å². The molecule has 3 nitrogen and oxygen atoms in total. The van der Waals surface area contributed by atoms with Crippen LogP contribution in [0.25, 0.3) is 0 Å². The highest BCUT2D eigenvalue weighted by Gasteiger charge is 2.26. The predicted molar refractivity (Wildman–Crippen MR) is 84.2 cm³/mol. The van der Waals surface area contributed by atoms with Crippen molar-refractivity contribution in [3.8, 4) is 0 Å². The Labute approximate surface area is 121 Å². The Morgan fingerprint density at radius 3 is 2.68 bits per heavy atom. The monoisotopic (exact) mass is 281 g/mol. The van der Waals surface area contributed by atoms with Crippen LogP contribution in [0.3, 0.4) is 0 Å². The van der Waals surface area contributed by atoms with Gasteiger partial charge in [-0.1, -0.05) is 20.8 Å². The van der Waals surface area contributed by atoms with E-state index in [1.54, 1.807) is 0 Å². The SMILES string of the molecule is CCNCc1sc(N(C)C2CCC2)nc1C(C)CC. The van der Waals surface area contributed by atoms with E-state index in [2.05, 4.69) is 38.0 Å². The number of hydrogen-bond acceptors (Lipinski definition) is 4. The smallest absolute Gasteiger partial charge is 0.185 e. The van der Waals surface area contributed by atoms with Crippen molar-refractivity contribution in [2.45, 2.75) is 65.0 Å². The van der Waals surface area contributed by atoms with Gasteiger partial charge in [0, 0.05) is 24.5 Å². The van der Waals surface area contributed by atoms with Gasteiger partial charge in [-0.25, -0.2) is 4.98 Å². The minimum Gasteiger partial charge on any atom is -0.348 e. The Morgan fingerprint density at radius 2 is 2.16 bits per heavy atom. The molecule has 0 radical (unpaired) electrons. The van der Waals surface area contributed by atoms with Gasteiger partial charge < -0.3 is 10.2 Å². The molecule has 1 aromatic heterocycles. The minimum absolute atomic E-state index is 0.563. The molecular weight excluding hydrogens is 254 g/mol. The van der Waals surface area contributed by atoms with Gasteiger partial charge >= 0.3 is 0 Å². The second-order valence-electron chi connectivity index (χ2n) is 5.59. The van der Waals surface area contributed by atoms with Crippen LogP contribution in [-0.4, -0.2) is 24.6 Å². The lowest BCUT2D eigenvalue weighted by atomic mass is 9.92. The highest BCUT2D eigenvalue weighted by atomic mass is 32.1. The molecule has 1 unspecified atom stereocenters. The number of thiazole rings is 1. The number of rotatable bonds is 7. The number of aromatic nitrogens is 1. The van der Waals surface area contributed by atoms with Crippen molar-refractivity contribution < 1.29 is 0 Å². The van der Waals surface area contributed by atoms with Crippen LogP contribution < -0.4 is 10.2 Å². The van der Waals surface area contributed by atoms with Gasteiger partial charge in [0.05, 0.1) is 5.69 Å². The highest BCUT2D eigenvalue weighted by Crippen LogP contribution is 2.35. The van der Waals surface area contributed by atoms with Crippen molar-refractivity contribution in [2.24, 2.45) is 0 Å². The summed E-state index contributed by atoms with van der Waals surface area (Å²) in [6.45, 7) is 8.68. The molecule has 1 heterocycles. The first-order chi connectivity index (χ1) is 9.17. The molecule has 1 fully saturated rings. The largest absolute Gasteiger partial charge is 0.348 e. The van der Waals surface area contributed by atoms with Gasteiger partial charge in [0.1, 0.15) is 0 Å². The Kier molecular flexibility index (Phi) is 5.22. The average Bonchev–Trinajstić information content (AvgIpc) is 2.77. The summed E-state index contributed by atoms with van der Waals surface area (Å²) in [5.41, 5.74) is 1.31. The molecule has 0 aliphatic heterocycles. The quantitative estimate of drug-likeness (QED) is 0.825. The molecule has 1 aromatic rings. The van der Waals surface area contributed by atoms with Gasteiger partial charge in [-0.15, -0.1) is 11.3 Å². The molecule has 2 rings (SSSR count). The first-order valence-electron chi connectivity index (χ1n) is 7.60. The Balaban J connectivity index is 2.17. The molecule has 19 heavy (non-hydrogen) atoms. The molecule has 0 spiro atoms. The summed E-state index contributed by atoms with van der Waals surface area (Å²) in [6.07, 6.45) is 5.20. The van der Waals surface area contributed by atoms with Crippen LogP contribution >= 0.6 is 11.3 Å². The Morgan fingerprint density at radius 1 is 1.42 bits per heavy atom. The summed E-state index contributed by atoms with van der Waals surface area (Å²) in [5.74, 6) is 0.563. The van der Waals surface area contributed by atoms with E-state index in [9.17, 15) is 0 Å². The third-order valence-electron chi connectivity index (χ3n) is 4.26. The summed E-state index contributed by atoms with van der Waals surface area (Å²) in [7, 11) is 2.21. The standard InChI is InChI=1S/C15H27N3S/c1-5-11(3)14-13(10-16-6-2)19-15(17-14)18(4)12-8-7-9-12/h11-12,16H,5-10H2,1-4H3. The molecule has 0 saturated heterocycles. The van der Waals surface area contributed by atoms with Crippen molar-refractivity contribution >= 4 is 16.5 Å². The molecule has 1 atom stereocenters. The molecule has 0 amide bonds. The van der Waals surface area contributed by atoms with Gasteiger partial charge in [-0.2, -0.15) is 0 Å². The summed E-state index contributed by atoms with van der Waals surface area (Å²) >= 11 is 1.88. The summed E-state index contributed by atoms with van der Waals surface area (Å²) < 4.78 is 0. The lowest BCUT2D eigenvalue weighted by Crippen LogP contribution is -2.37. The molecular formula is C15H27N3S. The van der Waals surface area contributed by atoms with E-state index >= 15 is 0 Å². The molecule has 1 N–H and O–H groups in total. The minimum atomic E-state index is 0.563. The van der Waals surface area contributed by atoms with E-state index in [1.807, 2.05) is 11.3 Å². The Hall–Kier alpha value is -0.610. The zero-order chi connectivity index (χ0) is 13.8. The number of nitrogens with zero attached hydrogens (tertiary/aromatic N) is 2. The van der Waals surface area contributed by atoms with Crippen LogP contribution in [0.1, 0.15) is 62.9 Å². The van der Waals surface area contributed by atoms with Crippen molar-refractivity contribution in [1.29, 1.82) is 0 Å². The highest BCUT2D eigenvalue weighted by molar-refractivity contribution is 7.15. The van der Waals surface area contributed by atoms with Crippen LogP contribution in [0, 0.1) is 0 Å². The van der Waals surface area contributed by atoms with Crippen molar-refractivity contribution in [2.75, 3.05) is 18.5 Å². The second-order valence-corrected chi connectivity index (χ2v) is 6.65. The zero-order valence-corrected chi connectivity index (χ0v) is 13.5. The van der Waals surface area contributed by atoms with Crippen LogP contribution in [0.2, 0.25) is 0 Å². The molecule has 0 aromatic carbocycles. The molecule has 4 heteroatoms. The lowest BCUT2D eigenvalue weighted by Gasteiger charge is -2.34. The van der Waals surface area contributed by atoms with Gasteiger partial charge in [0.25, 0.3) is 0 Å². The van der Waals surface area contributed by atoms with Crippen LogP contribution in [0.4, 0.5) is 5.13 Å². The van der Waals surface area contributed by atoms with Gasteiger partial charge in [0.15, 0.2) is 5.13 Å². The normalized spacial score (nSPS) is 17.3. The third-order valence-corrected chi connectivity index (χ3v) is 5.42. The first kappa shape index (κ1) is 14.8. The maximum absolute atomic E-state index is 4.94. The number of nitrogens with one attached hydrogen (secondary N) is 1. The zero-order valence-electron chi connectivity index (χ0n) is 12.7. The van der Waals surface area contributed by atoms with Crippen molar-refractivity contribution in [1.82, 2.24) is 10.3 Å². The van der Waals surface area contributed by atoms with E-state index in [1.165, 1.54) is 35.0 Å². The first-order valence-corrected chi connectivity index (χ1v) is 8.42. The van der Waals surface area contributed by atoms with Gasteiger partial charge in [-0.05, 0) is 38.1 Å². The maximum Gasteiger partial charge on any atom is 0.185 e. The van der Waals surface area contributed by atoms with Crippen molar-refractivity contribution in [3.05, 3.63) is 10.6 Å². The fraction of sp³-hybridized carbons (Fsp3) is 0.800. The Bertz CT molecular complexity index is 398. The average molecular weight is 281 g/mol. The van der Waals surface area contributed by atoms with Crippen molar-refractivity contribution in [3.63, 3.8) is 0 Å². The van der Waals surface area contributed by atoms with Gasteiger partial charge in [0.2, 0.25) is 0 Å². The lowest BCUT2D eigenvalue weighted by molar-refractivity contribution is 0.400. The van der Waals surface area contributed by atoms with Crippen LogP contribution in [-0.2, 0) is 6.54 Å². The van der Waals surface area contributed by atoms with E-state index < -0.39 is 0 Å². The topological polar surface area (TPSA) is 28.2 Å². The summed E-state index contributed by atoms with van der Waals surface area (Å²) in [4.78, 5) is 8.77. The number of hydrogen-bond donors (Lipinski definition) is 1. The second kappa shape index (κ2) is 6.71. The van der Waals surface area contributed by atoms with E-state index in [0.717, 1.165) is 25.6 Å². The molecule has 1 aliphatic rings. The van der Waals surface area contributed by atoms with E-state index in [0.29, 0.717) is 5.92 Å². The summed E-state index contributed by atoms with van der Waals surface area (Å²) in [5, 5.41) is 4.66. The molecule has 1 saturated carbocycles. The fourth-order valence-electron chi connectivity index (χ4n) is 2.38. The summed E-state index contributed by atoms with van der Waals surface area (Å²) in [6, 6.07) is 0.725. The maximum atomic E-state index is 4.94.